The van der Waals surface area contributed by atoms with E-state index < -0.39 is 0 Å². The first kappa shape index (κ1) is 17.9. The minimum Gasteiger partial charge on any atom is -0.339 e. The molecule has 0 bridgehead atoms. The van der Waals surface area contributed by atoms with Gasteiger partial charge < -0.3 is 5.32 Å². The molecule has 2 aromatic rings. The van der Waals surface area contributed by atoms with Crippen LogP contribution in [-0.2, 0) is 11.3 Å². The minimum atomic E-state index is -0.0798. The molecule has 3 rings (SSSR count). The summed E-state index contributed by atoms with van der Waals surface area (Å²) in [6.45, 7) is 4.66. The lowest BCUT2D eigenvalue weighted by Gasteiger charge is -2.14. The predicted octanol–water partition coefficient (Wildman–Crippen LogP) is 1.23. The summed E-state index contributed by atoms with van der Waals surface area (Å²) in [5.74, 6) is 0.144. The number of fused-ring (bicyclic) bond motifs is 1. The van der Waals surface area contributed by atoms with Gasteiger partial charge in [-0.15, -0.1) is 0 Å². The topological polar surface area (TPSA) is 88.1 Å². The Balaban J connectivity index is 1.74. The van der Waals surface area contributed by atoms with E-state index in [1.165, 1.54) is 11.8 Å². The molecule has 1 fully saturated rings. The standard InChI is InChI=1S/C17H23N5O2S/c1-3-8-22-16(24)12-6-4-5-7-13(12)18-17(22)25-10-15(23)19-14-9-11(2)20-21-14/h4-7,11,14,20-21H,3,8-10H2,1-2H3,(H,19,23). The lowest BCUT2D eigenvalue weighted by atomic mass is 10.2. The third kappa shape index (κ3) is 4.20. The SMILES string of the molecule is CCCn1c(SCC(=O)NC2CC(C)NN2)nc2ccccc2c1=O. The van der Waals surface area contributed by atoms with Crippen molar-refractivity contribution in [2.24, 2.45) is 0 Å². The van der Waals surface area contributed by atoms with Crippen LogP contribution in [0.4, 0.5) is 0 Å². The average Bonchev–Trinajstić information content (AvgIpc) is 3.01. The third-order valence-electron chi connectivity index (χ3n) is 4.03. The summed E-state index contributed by atoms with van der Waals surface area (Å²) in [6, 6.07) is 7.64. The molecule has 134 valence electrons. The molecule has 0 saturated carbocycles. The Morgan fingerprint density at radius 1 is 1.40 bits per heavy atom. The van der Waals surface area contributed by atoms with E-state index in [1.807, 2.05) is 25.1 Å². The summed E-state index contributed by atoms with van der Waals surface area (Å²) in [5.41, 5.74) is 6.73. The van der Waals surface area contributed by atoms with E-state index in [1.54, 1.807) is 10.6 Å². The number of benzene rings is 1. The highest BCUT2D eigenvalue weighted by atomic mass is 32.2. The van der Waals surface area contributed by atoms with Crippen LogP contribution in [0.2, 0.25) is 0 Å². The van der Waals surface area contributed by atoms with Gasteiger partial charge in [-0.3, -0.25) is 19.6 Å². The number of carbonyl (C=O) groups is 1. The number of aromatic nitrogens is 2. The molecule has 7 nitrogen and oxygen atoms in total. The van der Waals surface area contributed by atoms with E-state index in [0.29, 0.717) is 28.6 Å². The number of nitrogens with zero attached hydrogens (tertiary/aromatic N) is 2. The fourth-order valence-corrected chi connectivity index (χ4v) is 3.69. The highest BCUT2D eigenvalue weighted by molar-refractivity contribution is 7.99. The predicted molar refractivity (Wildman–Crippen MR) is 99.3 cm³/mol. The van der Waals surface area contributed by atoms with Crippen molar-refractivity contribution in [2.75, 3.05) is 5.75 Å². The summed E-state index contributed by atoms with van der Waals surface area (Å²) in [4.78, 5) is 29.5. The third-order valence-corrected chi connectivity index (χ3v) is 5.01. The second-order valence-corrected chi connectivity index (χ2v) is 7.15. The lowest BCUT2D eigenvalue weighted by molar-refractivity contribution is -0.119. The first-order valence-electron chi connectivity index (χ1n) is 8.51. The lowest BCUT2D eigenvalue weighted by Crippen LogP contribution is -2.45. The molecular formula is C17H23N5O2S. The van der Waals surface area contributed by atoms with Crippen LogP contribution < -0.4 is 21.7 Å². The number of amides is 1. The van der Waals surface area contributed by atoms with Crippen molar-refractivity contribution < 1.29 is 4.79 Å². The Bertz CT molecular complexity index is 822. The van der Waals surface area contributed by atoms with Gasteiger partial charge >= 0.3 is 0 Å². The van der Waals surface area contributed by atoms with Crippen molar-refractivity contribution in [3.63, 3.8) is 0 Å². The van der Waals surface area contributed by atoms with Crippen LogP contribution in [0.3, 0.4) is 0 Å². The number of hydrogen-bond donors (Lipinski definition) is 3. The molecule has 25 heavy (non-hydrogen) atoms. The number of rotatable bonds is 6. The summed E-state index contributed by atoms with van der Waals surface area (Å²) < 4.78 is 1.66. The van der Waals surface area contributed by atoms with Crippen molar-refractivity contribution in [3.05, 3.63) is 34.6 Å². The van der Waals surface area contributed by atoms with Crippen LogP contribution in [0.25, 0.3) is 10.9 Å². The van der Waals surface area contributed by atoms with Crippen LogP contribution in [0, 0.1) is 0 Å². The fourth-order valence-electron chi connectivity index (χ4n) is 2.85. The van der Waals surface area contributed by atoms with E-state index in [2.05, 4.69) is 28.1 Å². The molecule has 2 heterocycles. The van der Waals surface area contributed by atoms with E-state index in [0.717, 1.165) is 12.8 Å². The highest BCUT2D eigenvalue weighted by Crippen LogP contribution is 2.18. The van der Waals surface area contributed by atoms with E-state index >= 15 is 0 Å². The van der Waals surface area contributed by atoms with Crippen LogP contribution in [0.5, 0.6) is 0 Å². The van der Waals surface area contributed by atoms with E-state index in [-0.39, 0.29) is 23.4 Å². The van der Waals surface area contributed by atoms with Crippen molar-refractivity contribution in [1.29, 1.82) is 0 Å². The number of hydrogen-bond acceptors (Lipinski definition) is 6. The second kappa shape index (κ2) is 7.99. The van der Waals surface area contributed by atoms with Crippen LogP contribution >= 0.6 is 11.8 Å². The Morgan fingerprint density at radius 2 is 2.20 bits per heavy atom. The van der Waals surface area contributed by atoms with Gasteiger partial charge in [0.25, 0.3) is 5.56 Å². The van der Waals surface area contributed by atoms with Crippen molar-refractivity contribution in [2.45, 2.75) is 50.6 Å². The van der Waals surface area contributed by atoms with Gasteiger partial charge in [0, 0.05) is 12.6 Å². The van der Waals surface area contributed by atoms with E-state index in [9.17, 15) is 9.59 Å². The molecule has 1 aromatic heterocycles. The molecule has 1 aromatic carbocycles. The highest BCUT2D eigenvalue weighted by Gasteiger charge is 2.21. The van der Waals surface area contributed by atoms with Crippen LogP contribution in [0.1, 0.15) is 26.7 Å². The van der Waals surface area contributed by atoms with Gasteiger partial charge in [0.1, 0.15) is 0 Å². The number of carbonyl (C=O) groups excluding carboxylic acids is 1. The normalized spacial score (nSPS) is 20.1. The molecule has 3 N–H and O–H groups in total. The number of para-hydroxylation sites is 1. The first-order chi connectivity index (χ1) is 12.1. The monoisotopic (exact) mass is 361 g/mol. The molecule has 1 amide bonds. The van der Waals surface area contributed by atoms with Gasteiger partial charge in [-0.05, 0) is 31.9 Å². The largest absolute Gasteiger partial charge is 0.339 e. The molecule has 0 spiro atoms. The molecule has 1 saturated heterocycles. The Morgan fingerprint density at radius 3 is 2.92 bits per heavy atom. The summed E-state index contributed by atoms with van der Waals surface area (Å²) in [5, 5.41) is 4.13. The van der Waals surface area contributed by atoms with Crippen LogP contribution in [0.15, 0.2) is 34.2 Å². The Hall–Kier alpha value is -1.90. The summed E-state index contributed by atoms with van der Waals surface area (Å²) in [6.07, 6.45) is 1.60. The smallest absolute Gasteiger partial charge is 0.262 e. The number of nitrogens with one attached hydrogen (secondary N) is 3. The minimum absolute atomic E-state index is 0.0501. The zero-order valence-electron chi connectivity index (χ0n) is 14.4. The van der Waals surface area contributed by atoms with Gasteiger partial charge in [-0.2, -0.15) is 0 Å². The van der Waals surface area contributed by atoms with Crippen molar-refractivity contribution in [1.82, 2.24) is 25.7 Å². The molecule has 1 aliphatic heterocycles. The Labute approximate surface area is 150 Å². The average molecular weight is 361 g/mol. The maximum Gasteiger partial charge on any atom is 0.262 e. The van der Waals surface area contributed by atoms with Gasteiger partial charge in [0.05, 0.1) is 22.8 Å². The van der Waals surface area contributed by atoms with Gasteiger partial charge in [0.15, 0.2) is 5.16 Å². The number of hydrazine groups is 1. The maximum atomic E-state index is 12.7. The van der Waals surface area contributed by atoms with Gasteiger partial charge in [-0.1, -0.05) is 30.8 Å². The molecular weight excluding hydrogens is 338 g/mol. The molecule has 0 radical (unpaired) electrons. The fraction of sp³-hybridized carbons (Fsp3) is 0.471. The zero-order chi connectivity index (χ0) is 17.8. The second-order valence-electron chi connectivity index (χ2n) is 6.20. The molecule has 8 heteroatoms. The molecule has 2 unspecified atom stereocenters. The van der Waals surface area contributed by atoms with Crippen molar-refractivity contribution >= 4 is 28.6 Å². The summed E-state index contributed by atoms with van der Waals surface area (Å²) >= 11 is 1.30. The maximum absolute atomic E-state index is 12.7. The molecule has 1 aliphatic rings. The molecule has 2 atom stereocenters. The summed E-state index contributed by atoms with van der Waals surface area (Å²) in [7, 11) is 0. The Kier molecular flexibility index (Phi) is 5.72. The van der Waals surface area contributed by atoms with Crippen molar-refractivity contribution in [3.8, 4) is 0 Å². The number of thioether (sulfide) groups is 1. The zero-order valence-corrected chi connectivity index (χ0v) is 15.2. The van der Waals surface area contributed by atoms with Crippen LogP contribution in [-0.4, -0.2) is 33.4 Å². The molecule has 0 aliphatic carbocycles. The van der Waals surface area contributed by atoms with Gasteiger partial charge in [-0.25, -0.2) is 10.4 Å². The van der Waals surface area contributed by atoms with E-state index in [4.69, 9.17) is 0 Å². The quantitative estimate of drug-likeness (QED) is 0.530. The first-order valence-corrected chi connectivity index (χ1v) is 9.50. The van der Waals surface area contributed by atoms with Gasteiger partial charge in [0.2, 0.25) is 5.91 Å².